The summed E-state index contributed by atoms with van der Waals surface area (Å²) in [6, 6.07) is 6.61. The Morgan fingerprint density at radius 2 is 1.92 bits per heavy atom. The molecule has 4 heterocycles. The highest BCUT2D eigenvalue weighted by Crippen LogP contribution is 2.40. The van der Waals surface area contributed by atoms with Crippen LogP contribution >= 0.6 is 0 Å². The number of anilines is 2. The zero-order chi connectivity index (χ0) is 26.9. The van der Waals surface area contributed by atoms with Crippen LogP contribution in [0.15, 0.2) is 43.0 Å². The maximum Gasteiger partial charge on any atom is 0.252 e. The van der Waals surface area contributed by atoms with Crippen LogP contribution in [0.5, 0.6) is 0 Å². The van der Waals surface area contributed by atoms with Gasteiger partial charge in [0.05, 0.1) is 29.7 Å². The van der Waals surface area contributed by atoms with E-state index in [0.717, 1.165) is 24.0 Å². The maximum atomic E-state index is 15.3. The van der Waals surface area contributed by atoms with Gasteiger partial charge in [-0.3, -0.25) is 14.3 Å². The minimum absolute atomic E-state index is 0.149. The highest BCUT2D eigenvalue weighted by atomic mass is 19.1. The number of nitrogen functional groups attached to an aromatic ring is 1. The number of amides is 2. The second kappa shape index (κ2) is 8.37. The zero-order valence-electron chi connectivity index (χ0n) is 21.7. The van der Waals surface area contributed by atoms with Crippen LogP contribution in [0.25, 0.3) is 27.9 Å². The standard InChI is InChI=1S/C27H29FN8O2/c1-15-12-33(16(2)37)27(3,4)26(38)35(15)23-9-17(5-8-21(23)28)22-10-20(24-25(29)30-14-32-36(22)24)18-11-31-34(13-18)19-6-7-19/h5,8-11,13-15,19H,6-7,12H2,1-4H3,(H2,29,30,32)/t15-/m0/s1. The molecule has 0 unspecified atom stereocenters. The molecule has 0 spiro atoms. The number of hydrogen-bond acceptors (Lipinski definition) is 6. The lowest BCUT2D eigenvalue weighted by Crippen LogP contribution is -2.67. The molecular formula is C27H29FN8O2. The van der Waals surface area contributed by atoms with E-state index in [1.165, 1.54) is 29.1 Å². The zero-order valence-corrected chi connectivity index (χ0v) is 21.7. The van der Waals surface area contributed by atoms with E-state index in [0.29, 0.717) is 35.2 Å². The third kappa shape index (κ3) is 3.64. The molecule has 196 valence electrons. The van der Waals surface area contributed by atoms with Crippen molar-refractivity contribution < 1.29 is 14.0 Å². The first-order valence-corrected chi connectivity index (χ1v) is 12.7. The van der Waals surface area contributed by atoms with Crippen LogP contribution < -0.4 is 10.6 Å². The van der Waals surface area contributed by atoms with Gasteiger partial charge in [-0.25, -0.2) is 13.9 Å². The SMILES string of the molecule is CC(=O)N1C[C@H](C)N(c2cc(-c3cc(-c4cnn(C5CC5)c4)c4c(N)ncnn34)ccc2F)C(=O)C1(C)C. The number of halogens is 1. The molecule has 1 saturated heterocycles. The number of piperazine rings is 1. The van der Waals surface area contributed by atoms with Gasteiger partial charge in [-0.05, 0) is 57.9 Å². The highest BCUT2D eigenvalue weighted by Gasteiger charge is 2.47. The second-order valence-electron chi connectivity index (χ2n) is 10.7. The van der Waals surface area contributed by atoms with Crippen LogP contribution in [0.3, 0.4) is 0 Å². The van der Waals surface area contributed by atoms with E-state index >= 15 is 4.39 Å². The minimum Gasteiger partial charge on any atom is -0.382 e. The van der Waals surface area contributed by atoms with Crippen molar-refractivity contribution in [3.05, 3.63) is 48.8 Å². The minimum atomic E-state index is -1.11. The molecule has 11 heteroatoms. The van der Waals surface area contributed by atoms with E-state index in [9.17, 15) is 9.59 Å². The highest BCUT2D eigenvalue weighted by molar-refractivity contribution is 6.04. The molecule has 38 heavy (non-hydrogen) atoms. The van der Waals surface area contributed by atoms with Gasteiger partial charge in [0.15, 0.2) is 5.82 Å². The molecule has 0 radical (unpaired) electrons. The van der Waals surface area contributed by atoms with Crippen molar-refractivity contribution in [1.29, 1.82) is 0 Å². The van der Waals surface area contributed by atoms with Gasteiger partial charge in [0, 0.05) is 36.4 Å². The Morgan fingerprint density at radius 1 is 1.16 bits per heavy atom. The van der Waals surface area contributed by atoms with Crippen LogP contribution in [0.4, 0.5) is 15.9 Å². The molecular weight excluding hydrogens is 487 g/mol. The second-order valence-corrected chi connectivity index (χ2v) is 10.7. The number of aromatic nitrogens is 5. The molecule has 1 aliphatic heterocycles. The molecule has 1 aromatic carbocycles. The van der Waals surface area contributed by atoms with Crippen molar-refractivity contribution in [1.82, 2.24) is 29.3 Å². The van der Waals surface area contributed by atoms with Crippen LogP contribution in [-0.4, -0.2) is 59.2 Å². The fraction of sp³-hybridized carbons (Fsp3) is 0.370. The van der Waals surface area contributed by atoms with E-state index in [4.69, 9.17) is 5.73 Å². The molecule has 10 nitrogen and oxygen atoms in total. The molecule has 6 rings (SSSR count). The fourth-order valence-corrected chi connectivity index (χ4v) is 5.42. The third-order valence-corrected chi connectivity index (χ3v) is 7.60. The van der Waals surface area contributed by atoms with Gasteiger partial charge in [-0.2, -0.15) is 10.2 Å². The number of benzene rings is 1. The molecule has 1 saturated carbocycles. The van der Waals surface area contributed by atoms with Crippen molar-refractivity contribution in [2.24, 2.45) is 0 Å². The lowest BCUT2D eigenvalue weighted by Gasteiger charge is -2.48. The Balaban J connectivity index is 1.47. The van der Waals surface area contributed by atoms with Gasteiger partial charge in [0.25, 0.3) is 5.91 Å². The Labute approximate surface area is 218 Å². The van der Waals surface area contributed by atoms with E-state index < -0.39 is 17.4 Å². The molecule has 1 atom stereocenters. The first-order chi connectivity index (χ1) is 18.1. The number of fused-ring (bicyclic) bond motifs is 1. The van der Waals surface area contributed by atoms with Crippen LogP contribution in [-0.2, 0) is 9.59 Å². The van der Waals surface area contributed by atoms with Crippen molar-refractivity contribution in [3.63, 3.8) is 0 Å². The molecule has 2 aliphatic rings. The fourth-order valence-electron chi connectivity index (χ4n) is 5.42. The number of carbonyl (C=O) groups is 2. The van der Waals surface area contributed by atoms with Gasteiger partial charge in [-0.1, -0.05) is 0 Å². The van der Waals surface area contributed by atoms with Crippen molar-refractivity contribution >= 4 is 28.8 Å². The predicted molar refractivity (Wildman–Crippen MR) is 141 cm³/mol. The number of nitrogens with zero attached hydrogens (tertiary/aromatic N) is 7. The molecule has 2 N–H and O–H groups in total. The van der Waals surface area contributed by atoms with Gasteiger partial charge in [0.1, 0.15) is 23.2 Å². The number of carbonyl (C=O) groups excluding carboxylic acids is 2. The van der Waals surface area contributed by atoms with E-state index in [-0.39, 0.29) is 17.5 Å². The van der Waals surface area contributed by atoms with Crippen molar-refractivity contribution in [2.75, 3.05) is 17.2 Å². The van der Waals surface area contributed by atoms with E-state index in [1.807, 2.05) is 23.9 Å². The summed E-state index contributed by atoms with van der Waals surface area (Å²) in [5, 5.41) is 8.96. The Hall–Kier alpha value is -4.28. The summed E-state index contributed by atoms with van der Waals surface area (Å²) in [5.41, 5.74) is 8.99. The van der Waals surface area contributed by atoms with Crippen LogP contribution in [0, 0.1) is 5.82 Å². The quantitative estimate of drug-likeness (QED) is 0.443. The molecule has 2 fully saturated rings. The summed E-state index contributed by atoms with van der Waals surface area (Å²) >= 11 is 0. The summed E-state index contributed by atoms with van der Waals surface area (Å²) in [6.45, 7) is 6.92. The maximum absolute atomic E-state index is 15.3. The largest absolute Gasteiger partial charge is 0.382 e. The summed E-state index contributed by atoms with van der Waals surface area (Å²) in [5.74, 6) is -0.753. The van der Waals surface area contributed by atoms with Crippen molar-refractivity contribution in [2.45, 2.75) is 58.2 Å². The Bertz CT molecular complexity index is 1600. The molecule has 3 aromatic heterocycles. The van der Waals surface area contributed by atoms with Crippen LogP contribution in [0.2, 0.25) is 0 Å². The summed E-state index contributed by atoms with van der Waals surface area (Å²) in [7, 11) is 0. The summed E-state index contributed by atoms with van der Waals surface area (Å²) < 4.78 is 19.0. The molecule has 4 aromatic rings. The summed E-state index contributed by atoms with van der Waals surface area (Å²) in [4.78, 5) is 33.0. The number of rotatable bonds is 4. The topological polar surface area (TPSA) is 115 Å². The van der Waals surface area contributed by atoms with E-state index in [1.54, 1.807) is 36.7 Å². The summed E-state index contributed by atoms with van der Waals surface area (Å²) in [6.07, 6.45) is 7.40. The average Bonchev–Trinajstić information content (AvgIpc) is 3.47. The Morgan fingerprint density at radius 3 is 2.63 bits per heavy atom. The lowest BCUT2D eigenvalue weighted by atomic mass is 9.93. The first-order valence-electron chi connectivity index (χ1n) is 12.7. The smallest absolute Gasteiger partial charge is 0.252 e. The molecule has 0 bridgehead atoms. The van der Waals surface area contributed by atoms with Gasteiger partial charge < -0.3 is 15.5 Å². The number of nitrogens with two attached hydrogens (primary N) is 1. The number of hydrogen-bond donors (Lipinski definition) is 1. The monoisotopic (exact) mass is 516 g/mol. The lowest BCUT2D eigenvalue weighted by molar-refractivity contribution is -0.146. The van der Waals surface area contributed by atoms with Gasteiger partial charge >= 0.3 is 0 Å². The average molecular weight is 517 g/mol. The normalized spacial score (nSPS) is 19.4. The molecule has 2 amide bonds. The first kappa shape index (κ1) is 24.1. The Kier molecular flexibility index (Phi) is 5.30. The molecule has 1 aliphatic carbocycles. The predicted octanol–water partition coefficient (Wildman–Crippen LogP) is 3.68. The third-order valence-electron chi connectivity index (χ3n) is 7.60. The van der Waals surface area contributed by atoms with E-state index in [2.05, 4.69) is 15.2 Å². The van der Waals surface area contributed by atoms with Crippen molar-refractivity contribution in [3.8, 4) is 22.4 Å². The van der Waals surface area contributed by atoms with Crippen LogP contribution in [0.1, 0.15) is 46.6 Å². The van der Waals surface area contributed by atoms with Gasteiger partial charge in [0.2, 0.25) is 5.91 Å². The van der Waals surface area contributed by atoms with Gasteiger partial charge in [-0.15, -0.1) is 0 Å².